The minimum absolute atomic E-state index is 0.402. The molecule has 0 N–H and O–H groups in total. The lowest BCUT2D eigenvalue weighted by molar-refractivity contribution is 0.384. The fourth-order valence-electron chi connectivity index (χ4n) is 3.37. The Morgan fingerprint density at radius 3 is 2.54 bits per heavy atom. The molecule has 1 aromatic carbocycles. The van der Waals surface area contributed by atoms with E-state index in [4.69, 9.17) is 0 Å². The molecule has 0 bridgehead atoms. The van der Waals surface area contributed by atoms with Crippen LogP contribution in [-0.2, 0) is 10.0 Å². The zero-order valence-electron chi connectivity index (χ0n) is 14.7. The molecule has 0 radical (unpaired) electrons. The molecule has 1 saturated heterocycles. The number of fused-ring (bicyclic) bond motifs is 1. The van der Waals surface area contributed by atoms with Crippen LogP contribution >= 0.6 is 11.3 Å². The summed E-state index contributed by atoms with van der Waals surface area (Å²) in [6.45, 7) is 5.96. The summed E-state index contributed by atoms with van der Waals surface area (Å²) in [7, 11) is -3.47. The molecule has 0 atom stereocenters. The first-order valence-corrected chi connectivity index (χ1v) is 10.8. The monoisotopic (exact) mass is 388 g/mol. The minimum Gasteiger partial charge on any atom is -0.353 e. The Kier molecular flexibility index (Phi) is 4.42. The molecule has 2 aromatic heterocycles. The number of aromatic nitrogens is 2. The first-order chi connectivity index (χ1) is 12.5. The maximum absolute atomic E-state index is 13.0. The quantitative estimate of drug-likeness (QED) is 0.690. The van der Waals surface area contributed by atoms with Crippen molar-refractivity contribution in [3.63, 3.8) is 0 Å². The second-order valence-electron chi connectivity index (χ2n) is 6.49. The predicted molar refractivity (Wildman–Crippen MR) is 104 cm³/mol. The fraction of sp³-hybridized carbons (Fsp3) is 0.333. The lowest BCUT2D eigenvalue weighted by Crippen LogP contribution is -2.49. The van der Waals surface area contributed by atoms with Crippen molar-refractivity contribution in [1.82, 2.24) is 14.3 Å². The maximum Gasteiger partial charge on any atom is 0.243 e. The van der Waals surface area contributed by atoms with Crippen LogP contribution in [0.2, 0.25) is 0 Å². The third-order valence-electron chi connectivity index (χ3n) is 4.71. The summed E-state index contributed by atoms with van der Waals surface area (Å²) in [4.78, 5) is 11.3. The molecule has 8 heteroatoms. The number of hydrogen-bond donors (Lipinski definition) is 0. The highest BCUT2D eigenvalue weighted by Gasteiger charge is 2.30. The van der Waals surface area contributed by atoms with E-state index in [2.05, 4.69) is 14.9 Å². The molecular formula is C18H20N4O2S2. The van der Waals surface area contributed by atoms with Crippen LogP contribution in [0.3, 0.4) is 0 Å². The van der Waals surface area contributed by atoms with Crippen molar-refractivity contribution in [3.05, 3.63) is 47.1 Å². The molecule has 1 fully saturated rings. The van der Waals surface area contributed by atoms with Gasteiger partial charge in [-0.2, -0.15) is 4.31 Å². The van der Waals surface area contributed by atoms with Crippen molar-refractivity contribution in [2.24, 2.45) is 0 Å². The number of anilines is 1. The van der Waals surface area contributed by atoms with E-state index in [0.717, 1.165) is 27.2 Å². The molecule has 0 aliphatic carbocycles. The normalized spacial score (nSPS) is 16.3. The highest BCUT2D eigenvalue weighted by atomic mass is 32.2. The summed E-state index contributed by atoms with van der Waals surface area (Å²) in [5.74, 6) is 0.897. The van der Waals surface area contributed by atoms with Gasteiger partial charge in [0.25, 0.3) is 0 Å². The zero-order chi connectivity index (χ0) is 18.3. The van der Waals surface area contributed by atoms with Gasteiger partial charge in [0.1, 0.15) is 12.1 Å². The van der Waals surface area contributed by atoms with Crippen LogP contribution in [0.4, 0.5) is 5.82 Å². The van der Waals surface area contributed by atoms with Crippen molar-refractivity contribution in [3.8, 4) is 0 Å². The second kappa shape index (κ2) is 6.61. The van der Waals surface area contributed by atoms with Gasteiger partial charge in [-0.3, -0.25) is 0 Å². The summed E-state index contributed by atoms with van der Waals surface area (Å²) >= 11 is 1.62. The molecule has 0 saturated carbocycles. The maximum atomic E-state index is 13.0. The van der Waals surface area contributed by atoms with Gasteiger partial charge < -0.3 is 4.90 Å². The SMILES string of the molecule is Cc1ccc(S(=O)(=O)N2CCN(c3ncnc4ccsc34)CC2)c(C)c1. The molecule has 136 valence electrons. The van der Waals surface area contributed by atoms with Crippen LogP contribution in [0.25, 0.3) is 10.2 Å². The molecule has 3 aromatic rings. The summed E-state index contributed by atoms with van der Waals surface area (Å²) < 4.78 is 28.7. The molecule has 0 amide bonds. The topological polar surface area (TPSA) is 66.4 Å². The smallest absolute Gasteiger partial charge is 0.243 e. The lowest BCUT2D eigenvalue weighted by atomic mass is 10.2. The van der Waals surface area contributed by atoms with Gasteiger partial charge in [0.15, 0.2) is 0 Å². The van der Waals surface area contributed by atoms with Crippen molar-refractivity contribution in [2.75, 3.05) is 31.1 Å². The molecule has 1 aliphatic heterocycles. The number of benzene rings is 1. The van der Waals surface area contributed by atoms with Crippen LogP contribution in [-0.4, -0.2) is 48.9 Å². The van der Waals surface area contributed by atoms with Gasteiger partial charge in [-0.25, -0.2) is 18.4 Å². The van der Waals surface area contributed by atoms with Gasteiger partial charge in [-0.15, -0.1) is 11.3 Å². The molecule has 0 unspecified atom stereocenters. The summed E-state index contributed by atoms with van der Waals surface area (Å²) in [5.41, 5.74) is 2.80. The Bertz CT molecular complexity index is 1050. The Labute approximate surface area is 157 Å². The Morgan fingerprint density at radius 1 is 1.04 bits per heavy atom. The number of nitrogens with zero attached hydrogens (tertiary/aromatic N) is 4. The van der Waals surface area contributed by atoms with Crippen LogP contribution < -0.4 is 4.90 Å². The molecule has 3 heterocycles. The Balaban J connectivity index is 1.55. The summed E-state index contributed by atoms with van der Waals surface area (Å²) in [5, 5.41) is 2.00. The van der Waals surface area contributed by atoms with E-state index in [-0.39, 0.29) is 0 Å². The van der Waals surface area contributed by atoms with Crippen LogP contribution in [0.1, 0.15) is 11.1 Å². The van der Waals surface area contributed by atoms with Gasteiger partial charge in [0, 0.05) is 26.2 Å². The average Bonchev–Trinajstić information content (AvgIpc) is 3.10. The first-order valence-electron chi connectivity index (χ1n) is 8.47. The van der Waals surface area contributed by atoms with E-state index in [1.807, 2.05) is 37.4 Å². The molecular weight excluding hydrogens is 368 g/mol. The van der Waals surface area contributed by atoms with E-state index < -0.39 is 10.0 Å². The molecule has 26 heavy (non-hydrogen) atoms. The number of hydrogen-bond acceptors (Lipinski definition) is 6. The average molecular weight is 389 g/mol. The van der Waals surface area contributed by atoms with Crippen molar-refractivity contribution in [2.45, 2.75) is 18.7 Å². The van der Waals surface area contributed by atoms with Crippen LogP contribution in [0, 0.1) is 13.8 Å². The lowest BCUT2D eigenvalue weighted by Gasteiger charge is -2.35. The number of thiophene rings is 1. The van der Waals surface area contributed by atoms with E-state index >= 15 is 0 Å². The second-order valence-corrected chi connectivity index (χ2v) is 9.31. The summed E-state index contributed by atoms with van der Waals surface area (Å²) in [6, 6.07) is 7.46. The largest absolute Gasteiger partial charge is 0.353 e. The molecule has 0 spiro atoms. The van der Waals surface area contributed by atoms with E-state index in [9.17, 15) is 8.42 Å². The van der Waals surface area contributed by atoms with Crippen LogP contribution in [0.5, 0.6) is 0 Å². The van der Waals surface area contributed by atoms with Crippen molar-refractivity contribution >= 4 is 37.4 Å². The predicted octanol–water partition coefficient (Wildman–Crippen LogP) is 2.82. The van der Waals surface area contributed by atoms with Gasteiger partial charge in [-0.05, 0) is 36.9 Å². The third kappa shape index (κ3) is 2.98. The summed E-state index contributed by atoms with van der Waals surface area (Å²) in [6.07, 6.45) is 1.57. The van der Waals surface area contributed by atoms with Gasteiger partial charge in [-0.1, -0.05) is 17.7 Å². The van der Waals surface area contributed by atoms with E-state index in [1.54, 1.807) is 28.0 Å². The number of aryl methyl sites for hydroxylation is 2. The van der Waals surface area contributed by atoms with E-state index in [0.29, 0.717) is 31.1 Å². The number of rotatable bonds is 3. The fourth-order valence-corrected chi connectivity index (χ4v) is 5.86. The highest BCUT2D eigenvalue weighted by Crippen LogP contribution is 2.29. The van der Waals surface area contributed by atoms with Crippen molar-refractivity contribution in [1.29, 1.82) is 0 Å². The number of piperazine rings is 1. The first kappa shape index (κ1) is 17.4. The minimum atomic E-state index is -3.47. The molecule has 6 nitrogen and oxygen atoms in total. The van der Waals surface area contributed by atoms with Gasteiger partial charge in [0.2, 0.25) is 10.0 Å². The molecule has 1 aliphatic rings. The highest BCUT2D eigenvalue weighted by molar-refractivity contribution is 7.89. The Hall–Kier alpha value is -2.03. The van der Waals surface area contributed by atoms with Gasteiger partial charge in [0.05, 0.1) is 15.1 Å². The van der Waals surface area contributed by atoms with Crippen LogP contribution in [0.15, 0.2) is 40.9 Å². The zero-order valence-corrected chi connectivity index (χ0v) is 16.3. The Morgan fingerprint density at radius 2 is 1.81 bits per heavy atom. The third-order valence-corrected chi connectivity index (χ3v) is 7.67. The number of sulfonamides is 1. The standard InChI is InChI=1S/C18H20N4O2S2/c1-13-3-4-16(14(2)11-13)26(23,24)22-8-6-21(7-9-22)18-17-15(5-10-25-17)19-12-20-18/h3-5,10-12H,6-9H2,1-2H3. The van der Waals surface area contributed by atoms with Gasteiger partial charge >= 0.3 is 0 Å². The molecule has 4 rings (SSSR count). The van der Waals surface area contributed by atoms with Crippen molar-refractivity contribution < 1.29 is 8.42 Å². The van der Waals surface area contributed by atoms with E-state index in [1.165, 1.54) is 0 Å².